The molecule has 0 spiro atoms. The van der Waals surface area contributed by atoms with Crippen LogP contribution in [-0.4, -0.2) is 42.5 Å². The Morgan fingerprint density at radius 2 is 2.18 bits per heavy atom. The van der Waals surface area contributed by atoms with E-state index in [0.29, 0.717) is 13.2 Å². The number of ether oxygens (including phenoxy) is 1. The summed E-state index contributed by atoms with van der Waals surface area (Å²) in [5.74, 6) is -0.635. The fraction of sp³-hybridized carbons (Fsp3) is 0.364. The van der Waals surface area contributed by atoms with E-state index < -0.39 is 5.91 Å². The number of rotatable bonds is 6. The SMILES string of the molecule is Nc1cccc(C(=O)NCCOCCO)c1O. The van der Waals surface area contributed by atoms with Crippen molar-refractivity contribution < 1.29 is 19.7 Å². The summed E-state index contributed by atoms with van der Waals surface area (Å²) in [4.78, 5) is 11.6. The quantitative estimate of drug-likeness (QED) is 0.311. The van der Waals surface area contributed by atoms with Gasteiger partial charge in [-0.05, 0) is 12.1 Å². The minimum atomic E-state index is -0.414. The molecule has 6 heteroatoms. The van der Waals surface area contributed by atoms with Gasteiger partial charge in [-0.1, -0.05) is 6.07 Å². The molecular weight excluding hydrogens is 224 g/mol. The van der Waals surface area contributed by atoms with Crippen molar-refractivity contribution >= 4 is 11.6 Å². The lowest BCUT2D eigenvalue weighted by Gasteiger charge is -2.08. The van der Waals surface area contributed by atoms with Gasteiger partial charge in [-0.15, -0.1) is 0 Å². The number of carbonyl (C=O) groups excluding carboxylic acids is 1. The summed E-state index contributed by atoms with van der Waals surface area (Å²) in [5, 5.41) is 20.6. The van der Waals surface area contributed by atoms with Gasteiger partial charge in [0, 0.05) is 6.54 Å². The zero-order chi connectivity index (χ0) is 12.7. The summed E-state index contributed by atoms with van der Waals surface area (Å²) < 4.78 is 4.97. The van der Waals surface area contributed by atoms with Crippen LogP contribution in [0.3, 0.4) is 0 Å². The Morgan fingerprint density at radius 1 is 1.41 bits per heavy atom. The number of hydrogen-bond donors (Lipinski definition) is 4. The second-order valence-corrected chi connectivity index (χ2v) is 3.34. The largest absolute Gasteiger partial charge is 0.505 e. The molecule has 1 amide bonds. The summed E-state index contributed by atoms with van der Waals surface area (Å²) in [6, 6.07) is 4.58. The van der Waals surface area contributed by atoms with Crippen LogP contribution in [0.25, 0.3) is 0 Å². The Labute approximate surface area is 99.0 Å². The average molecular weight is 240 g/mol. The zero-order valence-corrected chi connectivity index (χ0v) is 9.35. The van der Waals surface area contributed by atoms with Gasteiger partial charge in [0.1, 0.15) is 0 Å². The molecule has 0 atom stereocenters. The number of para-hydroxylation sites is 1. The van der Waals surface area contributed by atoms with Crippen LogP contribution in [0.4, 0.5) is 5.69 Å². The van der Waals surface area contributed by atoms with Crippen LogP contribution in [0.2, 0.25) is 0 Å². The van der Waals surface area contributed by atoms with Crippen molar-refractivity contribution in [2.75, 3.05) is 32.1 Å². The molecule has 0 fully saturated rings. The Kier molecular flexibility index (Phi) is 5.25. The predicted octanol–water partition coefficient (Wildman–Crippen LogP) is -0.287. The van der Waals surface area contributed by atoms with Gasteiger partial charge in [0.25, 0.3) is 5.91 Å². The number of hydrogen-bond acceptors (Lipinski definition) is 5. The Balaban J connectivity index is 2.44. The standard InChI is InChI=1S/C11H16N2O4/c12-9-3-1-2-8(10(9)15)11(16)13-4-6-17-7-5-14/h1-3,14-15H,4-7,12H2,(H,13,16). The highest BCUT2D eigenvalue weighted by Crippen LogP contribution is 2.23. The summed E-state index contributed by atoms with van der Waals surface area (Å²) in [6.07, 6.45) is 0. The number of nitrogens with one attached hydrogen (secondary N) is 1. The van der Waals surface area contributed by atoms with Crippen LogP contribution >= 0.6 is 0 Å². The Morgan fingerprint density at radius 3 is 2.88 bits per heavy atom. The van der Waals surface area contributed by atoms with Crippen molar-refractivity contribution in [2.45, 2.75) is 0 Å². The van der Waals surface area contributed by atoms with Crippen molar-refractivity contribution in [1.82, 2.24) is 5.32 Å². The number of nitrogen functional groups attached to an aromatic ring is 1. The predicted molar refractivity (Wildman–Crippen MR) is 62.8 cm³/mol. The first kappa shape index (κ1) is 13.3. The molecule has 0 aliphatic carbocycles. The second kappa shape index (κ2) is 6.72. The fourth-order valence-electron chi connectivity index (χ4n) is 1.24. The molecule has 0 radical (unpaired) electrons. The Bertz CT molecular complexity index is 382. The highest BCUT2D eigenvalue weighted by Gasteiger charge is 2.11. The molecule has 94 valence electrons. The van der Waals surface area contributed by atoms with Crippen LogP contribution in [0, 0.1) is 0 Å². The topological polar surface area (TPSA) is 105 Å². The molecule has 17 heavy (non-hydrogen) atoms. The highest BCUT2D eigenvalue weighted by molar-refractivity contribution is 5.98. The third kappa shape index (κ3) is 3.93. The highest BCUT2D eigenvalue weighted by atomic mass is 16.5. The number of amides is 1. The smallest absolute Gasteiger partial charge is 0.255 e. The lowest BCUT2D eigenvalue weighted by atomic mass is 10.1. The molecule has 0 aliphatic heterocycles. The van der Waals surface area contributed by atoms with E-state index in [2.05, 4.69) is 5.32 Å². The molecule has 0 heterocycles. The molecule has 0 saturated carbocycles. The maximum absolute atomic E-state index is 11.6. The molecule has 0 aliphatic rings. The van der Waals surface area contributed by atoms with Crippen LogP contribution in [0.15, 0.2) is 18.2 Å². The molecule has 5 N–H and O–H groups in total. The number of benzene rings is 1. The molecular formula is C11H16N2O4. The lowest BCUT2D eigenvalue weighted by molar-refractivity contribution is 0.0836. The molecule has 0 saturated heterocycles. The number of phenols is 1. The van der Waals surface area contributed by atoms with E-state index in [0.717, 1.165) is 0 Å². The van der Waals surface area contributed by atoms with E-state index >= 15 is 0 Å². The maximum atomic E-state index is 11.6. The third-order valence-corrected chi connectivity index (χ3v) is 2.08. The van der Waals surface area contributed by atoms with Crippen molar-refractivity contribution in [3.8, 4) is 5.75 Å². The lowest BCUT2D eigenvalue weighted by Crippen LogP contribution is -2.27. The van der Waals surface area contributed by atoms with Gasteiger partial charge < -0.3 is 26.0 Å². The first-order valence-corrected chi connectivity index (χ1v) is 5.21. The van der Waals surface area contributed by atoms with Crippen LogP contribution < -0.4 is 11.1 Å². The molecule has 1 aromatic rings. The average Bonchev–Trinajstić information content (AvgIpc) is 2.32. The van der Waals surface area contributed by atoms with Crippen molar-refractivity contribution in [3.05, 3.63) is 23.8 Å². The van der Waals surface area contributed by atoms with E-state index in [1.54, 1.807) is 6.07 Å². The molecule has 6 nitrogen and oxygen atoms in total. The molecule has 1 rings (SSSR count). The molecule has 0 bridgehead atoms. The van der Waals surface area contributed by atoms with E-state index in [4.69, 9.17) is 15.6 Å². The van der Waals surface area contributed by atoms with Gasteiger partial charge in [-0.25, -0.2) is 0 Å². The summed E-state index contributed by atoms with van der Waals surface area (Å²) in [5.41, 5.74) is 5.76. The van der Waals surface area contributed by atoms with Gasteiger partial charge in [0.2, 0.25) is 0 Å². The number of carbonyl (C=O) groups is 1. The molecule has 0 aromatic heterocycles. The minimum absolute atomic E-state index is 0.0516. The van der Waals surface area contributed by atoms with E-state index in [1.807, 2.05) is 0 Å². The van der Waals surface area contributed by atoms with Crippen molar-refractivity contribution in [1.29, 1.82) is 0 Å². The van der Waals surface area contributed by atoms with Crippen LogP contribution in [0.5, 0.6) is 5.75 Å². The maximum Gasteiger partial charge on any atom is 0.255 e. The summed E-state index contributed by atoms with van der Waals surface area (Å²) >= 11 is 0. The number of aliphatic hydroxyl groups is 1. The summed E-state index contributed by atoms with van der Waals surface area (Å²) in [7, 11) is 0. The monoisotopic (exact) mass is 240 g/mol. The van der Waals surface area contributed by atoms with Gasteiger partial charge in [0.05, 0.1) is 31.1 Å². The van der Waals surface area contributed by atoms with Crippen LogP contribution in [-0.2, 0) is 4.74 Å². The zero-order valence-electron chi connectivity index (χ0n) is 9.35. The summed E-state index contributed by atoms with van der Waals surface area (Å²) in [6.45, 7) is 0.784. The van der Waals surface area contributed by atoms with Gasteiger partial charge in [0.15, 0.2) is 5.75 Å². The van der Waals surface area contributed by atoms with Crippen molar-refractivity contribution in [3.63, 3.8) is 0 Å². The van der Waals surface area contributed by atoms with E-state index in [1.165, 1.54) is 12.1 Å². The molecule has 0 unspecified atom stereocenters. The van der Waals surface area contributed by atoms with Crippen LogP contribution in [0.1, 0.15) is 10.4 Å². The van der Waals surface area contributed by atoms with Gasteiger partial charge >= 0.3 is 0 Å². The molecule has 1 aromatic carbocycles. The van der Waals surface area contributed by atoms with Gasteiger partial charge in [-0.3, -0.25) is 4.79 Å². The van der Waals surface area contributed by atoms with E-state index in [9.17, 15) is 9.90 Å². The number of nitrogens with two attached hydrogens (primary N) is 1. The number of aliphatic hydroxyl groups excluding tert-OH is 1. The number of anilines is 1. The van der Waals surface area contributed by atoms with Crippen molar-refractivity contribution in [2.24, 2.45) is 0 Å². The second-order valence-electron chi connectivity index (χ2n) is 3.34. The first-order valence-electron chi connectivity index (χ1n) is 5.21. The number of aromatic hydroxyl groups is 1. The fourth-order valence-corrected chi connectivity index (χ4v) is 1.24. The normalized spacial score (nSPS) is 10.2. The van der Waals surface area contributed by atoms with Gasteiger partial charge in [-0.2, -0.15) is 0 Å². The third-order valence-electron chi connectivity index (χ3n) is 2.08. The minimum Gasteiger partial charge on any atom is -0.505 e. The first-order chi connectivity index (χ1) is 8.16. The Hall–Kier alpha value is -1.79. The number of phenolic OH excluding ortho intramolecular Hbond substituents is 1. The van der Waals surface area contributed by atoms with E-state index in [-0.39, 0.29) is 30.2 Å².